The summed E-state index contributed by atoms with van der Waals surface area (Å²) in [5, 5.41) is 0. The lowest BCUT2D eigenvalue weighted by atomic mass is 9.65. The van der Waals surface area contributed by atoms with E-state index in [1.807, 2.05) is 0 Å². The van der Waals surface area contributed by atoms with Crippen molar-refractivity contribution in [2.24, 2.45) is 17.6 Å². The zero-order chi connectivity index (χ0) is 13.3. The van der Waals surface area contributed by atoms with E-state index < -0.39 is 0 Å². The maximum atomic E-state index is 6.90. The smallest absolute Gasteiger partial charge is 0.0686 e. The zero-order valence-corrected chi connectivity index (χ0v) is 12.6. The summed E-state index contributed by atoms with van der Waals surface area (Å²) in [5.74, 6) is 1.65. The highest BCUT2D eigenvalue weighted by Crippen LogP contribution is 2.48. The van der Waals surface area contributed by atoms with Gasteiger partial charge in [0.25, 0.3) is 0 Å². The molecule has 1 spiro atoms. The van der Waals surface area contributed by atoms with Gasteiger partial charge in [-0.3, -0.25) is 0 Å². The predicted octanol–water partition coefficient (Wildman–Crippen LogP) is 4.02. The van der Waals surface area contributed by atoms with Gasteiger partial charge in [-0.1, -0.05) is 26.2 Å². The maximum absolute atomic E-state index is 6.90. The van der Waals surface area contributed by atoms with Crippen LogP contribution in [0.2, 0.25) is 0 Å². The molecule has 0 radical (unpaired) electrons. The number of hydrogen-bond donors (Lipinski definition) is 1. The Balaban J connectivity index is 1.65. The topological polar surface area (TPSA) is 35.2 Å². The van der Waals surface area contributed by atoms with Crippen LogP contribution in [-0.2, 0) is 4.74 Å². The summed E-state index contributed by atoms with van der Waals surface area (Å²) < 4.78 is 6.09. The number of nitrogens with two attached hydrogens (primary N) is 1. The lowest BCUT2D eigenvalue weighted by Gasteiger charge is -2.51. The largest absolute Gasteiger partial charge is 0.375 e. The number of hydrogen-bond acceptors (Lipinski definition) is 2. The average molecular weight is 265 g/mol. The number of ether oxygens (including phenoxy) is 1. The average Bonchev–Trinajstić information content (AvgIpc) is 2.60. The molecule has 0 aromatic rings. The van der Waals surface area contributed by atoms with Gasteiger partial charge in [0.15, 0.2) is 0 Å². The van der Waals surface area contributed by atoms with Gasteiger partial charge >= 0.3 is 0 Å². The van der Waals surface area contributed by atoms with Crippen LogP contribution in [0.4, 0.5) is 0 Å². The molecule has 2 aliphatic carbocycles. The van der Waals surface area contributed by atoms with E-state index in [9.17, 15) is 0 Å². The van der Waals surface area contributed by atoms with E-state index >= 15 is 0 Å². The second-order valence-corrected chi connectivity index (χ2v) is 7.51. The molecule has 0 aromatic carbocycles. The van der Waals surface area contributed by atoms with Gasteiger partial charge in [-0.25, -0.2) is 0 Å². The first-order valence-corrected chi connectivity index (χ1v) is 8.59. The normalized spacial score (nSPS) is 42.6. The Hall–Kier alpha value is -0.0800. The fourth-order valence-corrected chi connectivity index (χ4v) is 4.72. The van der Waals surface area contributed by atoms with E-state index in [1.165, 1.54) is 70.6 Å². The van der Waals surface area contributed by atoms with Crippen molar-refractivity contribution >= 4 is 0 Å². The Kier molecular flexibility index (Phi) is 3.92. The molecule has 1 aliphatic heterocycles. The fourth-order valence-electron chi connectivity index (χ4n) is 4.72. The van der Waals surface area contributed by atoms with E-state index in [4.69, 9.17) is 10.5 Å². The Morgan fingerprint density at radius 3 is 2.58 bits per heavy atom. The van der Waals surface area contributed by atoms with Crippen LogP contribution >= 0.6 is 0 Å². The lowest BCUT2D eigenvalue weighted by molar-refractivity contribution is -0.153. The Morgan fingerprint density at radius 1 is 1.05 bits per heavy atom. The highest BCUT2D eigenvalue weighted by Gasteiger charge is 2.47. The highest BCUT2D eigenvalue weighted by molar-refractivity contribution is 5.02. The van der Waals surface area contributed by atoms with Crippen molar-refractivity contribution in [1.82, 2.24) is 0 Å². The lowest BCUT2D eigenvalue weighted by Crippen LogP contribution is -2.55. The molecule has 2 N–H and O–H groups in total. The van der Waals surface area contributed by atoms with Crippen LogP contribution < -0.4 is 5.73 Å². The van der Waals surface area contributed by atoms with Gasteiger partial charge in [0.05, 0.1) is 5.60 Å². The molecule has 3 fully saturated rings. The molecular formula is C17H31NO. The van der Waals surface area contributed by atoms with Crippen LogP contribution in [0.15, 0.2) is 0 Å². The van der Waals surface area contributed by atoms with Crippen molar-refractivity contribution in [3.63, 3.8) is 0 Å². The van der Waals surface area contributed by atoms with Gasteiger partial charge in [-0.2, -0.15) is 0 Å². The minimum absolute atomic E-state index is 0.121. The molecule has 2 nitrogen and oxygen atoms in total. The van der Waals surface area contributed by atoms with Gasteiger partial charge in [0, 0.05) is 12.1 Å². The summed E-state index contributed by atoms with van der Waals surface area (Å²) in [5.41, 5.74) is 7.27. The van der Waals surface area contributed by atoms with Gasteiger partial charge < -0.3 is 10.5 Å². The molecule has 0 bridgehead atoms. The molecule has 3 aliphatic rings. The van der Waals surface area contributed by atoms with Gasteiger partial charge in [0.1, 0.15) is 0 Å². The molecule has 110 valence electrons. The predicted molar refractivity (Wildman–Crippen MR) is 79.0 cm³/mol. The third-order valence-electron chi connectivity index (χ3n) is 6.42. The van der Waals surface area contributed by atoms with Crippen LogP contribution in [0.3, 0.4) is 0 Å². The molecule has 3 rings (SSSR count). The standard InChI is InChI=1S/C17H31NO/c1-2-14-5-3-10-17(18,11-6-14)15-7-12-19-16(13-15)8-4-9-16/h14-15H,2-13,18H2,1H3. The van der Waals surface area contributed by atoms with Crippen molar-refractivity contribution in [2.45, 2.75) is 88.7 Å². The fraction of sp³-hybridized carbons (Fsp3) is 1.00. The minimum Gasteiger partial charge on any atom is -0.375 e. The number of rotatable bonds is 2. The third-order valence-corrected chi connectivity index (χ3v) is 6.42. The van der Waals surface area contributed by atoms with Crippen molar-refractivity contribution in [2.75, 3.05) is 6.61 Å². The molecule has 1 heterocycles. The quantitative estimate of drug-likeness (QED) is 0.765. The van der Waals surface area contributed by atoms with Crippen LogP contribution in [-0.4, -0.2) is 17.7 Å². The molecule has 0 aromatic heterocycles. The zero-order valence-electron chi connectivity index (χ0n) is 12.6. The van der Waals surface area contributed by atoms with Crippen LogP contribution in [0.25, 0.3) is 0 Å². The summed E-state index contributed by atoms with van der Waals surface area (Å²) in [6.07, 6.45) is 14.4. The van der Waals surface area contributed by atoms with E-state index in [-0.39, 0.29) is 11.1 Å². The van der Waals surface area contributed by atoms with Crippen molar-refractivity contribution in [3.05, 3.63) is 0 Å². The molecule has 3 unspecified atom stereocenters. The minimum atomic E-state index is 0.121. The molecule has 19 heavy (non-hydrogen) atoms. The van der Waals surface area contributed by atoms with E-state index in [1.54, 1.807) is 0 Å². The molecule has 2 saturated carbocycles. The summed E-state index contributed by atoms with van der Waals surface area (Å²) in [4.78, 5) is 0. The Morgan fingerprint density at radius 2 is 1.89 bits per heavy atom. The van der Waals surface area contributed by atoms with E-state index in [2.05, 4.69) is 6.92 Å². The van der Waals surface area contributed by atoms with Crippen molar-refractivity contribution in [1.29, 1.82) is 0 Å². The first-order chi connectivity index (χ1) is 9.16. The van der Waals surface area contributed by atoms with Crippen molar-refractivity contribution < 1.29 is 4.74 Å². The second kappa shape index (κ2) is 5.37. The van der Waals surface area contributed by atoms with Crippen LogP contribution in [0.5, 0.6) is 0 Å². The van der Waals surface area contributed by atoms with Crippen molar-refractivity contribution in [3.8, 4) is 0 Å². The third kappa shape index (κ3) is 2.71. The second-order valence-electron chi connectivity index (χ2n) is 7.51. The maximum Gasteiger partial charge on any atom is 0.0686 e. The van der Waals surface area contributed by atoms with E-state index in [0.717, 1.165) is 18.4 Å². The van der Waals surface area contributed by atoms with Gasteiger partial charge in [-0.15, -0.1) is 0 Å². The summed E-state index contributed by atoms with van der Waals surface area (Å²) in [7, 11) is 0. The highest BCUT2D eigenvalue weighted by atomic mass is 16.5. The van der Waals surface area contributed by atoms with Crippen LogP contribution in [0, 0.1) is 11.8 Å². The summed E-state index contributed by atoms with van der Waals surface area (Å²) in [6.45, 7) is 3.30. The van der Waals surface area contributed by atoms with E-state index in [0.29, 0.717) is 0 Å². The first kappa shape index (κ1) is 13.9. The Bertz CT molecular complexity index is 312. The summed E-state index contributed by atoms with van der Waals surface area (Å²) >= 11 is 0. The summed E-state index contributed by atoms with van der Waals surface area (Å²) in [6, 6.07) is 0. The monoisotopic (exact) mass is 265 g/mol. The molecule has 1 saturated heterocycles. The Labute approximate surface area is 118 Å². The molecule has 2 heteroatoms. The van der Waals surface area contributed by atoms with Gasteiger partial charge in [0.2, 0.25) is 0 Å². The first-order valence-electron chi connectivity index (χ1n) is 8.59. The van der Waals surface area contributed by atoms with Crippen LogP contribution in [0.1, 0.15) is 77.6 Å². The molecule has 3 atom stereocenters. The van der Waals surface area contributed by atoms with Gasteiger partial charge in [-0.05, 0) is 63.2 Å². The molecule has 0 amide bonds. The molecular weight excluding hydrogens is 234 g/mol. The SMILES string of the molecule is CCC1CCCC(N)(C2CCOC3(CCC3)C2)CC1.